The second-order valence-corrected chi connectivity index (χ2v) is 8.61. The first-order valence-electron chi connectivity index (χ1n) is 10.4. The van der Waals surface area contributed by atoms with Crippen molar-refractivity contribution in [1.82, 2.24) is 9.80 Å². The van der Waals surface area contributed by atoms with Gasteiger partial charge in [-0.25, -0.2) is 0 Å². The van der Waals surface area contributed by atoms with Gasteiger partial charge in [0.15, 0.2) is 0 Å². The highest BCUT2D eigenvalue weighted by molar-refractivity contribution is 5.81. The van der Waals surface area contributed by atoms with E-state index in [1.807, 2.05) is 9.80 Å². The molecule has 1 amide bonds. The van der Waals surface area contributed by atoms with Gasteiger partial charge in [-0.15, -0.1) is 0 Å². The van der Waals surface area contributed by atoms with E-state index in [2.05, 4.69) is 31.2 Å². The van der Waals surface area contributed by atoms with Gasteiger partial charge in [0, 0.05) is 18.6 Å². The molecule has 3 unspecified atom stereocenters. The average molecular weight is 370 g/mol. The number of benzene rings is 1. The van der Waals surface area contributed by atoms with Crippen LogP contribution in [0.1, 0.15) is 56.1 Å². The summed E-state index contributed by atoms with van der Waals surface area (Å²) in [6.45, 7) is 2.94. The number of hydrogen-bond donors (Lipinski definition) is 1. The number of carboxylic acid groups (broad SMARTS) is 1. The maximum absolute atomic E-state index is 13.2. The molecule has 1 aliphatic heterocycles. The van der Waals surface area contributed by atoms with Crippen molar-refractivity contribution >= 4 is 11.9 Å². The van der Waals surface area contributed by atoms with Crippen molar-refractivity contribution in [2.45, 2.75) is 76.5 Å². The second kappa shape index (κ2) is 7.63. The van der Waals surface area contributed by atoms with Crippen molar-refractivity contribution < 1.29 is 14.7 Å². The number of amides is 1. The monoisotopic (exact) mass is 370 g/mol. The molecule has 1 aromatic rings. The van der Waals surface area contributed by atoms with Gasteiger partial charge in [-0.1, -0.05) is 42.7 Å². The quantitative estimate of drug-likeness (QED) is 0.835. The Kier molecular flexibility index (Phi) is 5.22. The van der Waals surface area contributed by atoms with Gasteiger partial charge in [-0.3, -0.25) is 14.5 Å². The SMILES string of the molecule is Cc1ccc(CN(C(=O)CN2C(C(=O)O)CC3CCCCC32)C2CC2)cc1. The molecule has 27 heavy (non-hydrogen) atoms. The molecule has 0 aromatic heterocycles. The molecule has 3 aliphatic rings. The fourth-order valence-corrected chi connectivity index (χ4v) is 4.97. The molecule has 1 saturated heterocycles. The van der Waals surface area contributed by atoms with E-state index in [4.69, 9.17) is 0 Å². The molecule has 3 atom stereocenters. The van der Waals surface area contributed by atoms with Crippen LogP contribution in [0.15, 0.2) is 24.3 Å². The van der Waals surface area contributed by atoms with Gasteiger partial charge in [0.25, 0.3) is 0 Å². The van der Waals surface area contributed by atoms with Crippen molar-refractivity contribution in [3.05, 3.63) is 35.4 Å². The van der Waals surface area contributed by atoms with Crippen LogP contribution in [-0.4, -0.2) is 51.5 Å². The summed E-state index contributed by atoms with van der Waals surface area (Å²) < 4.78 is 0. The van der Waals surface area contributed by atoms with E-state index < -0.39 is 12.0 Å². The van der Waals surface area contributed by atoms with Crippen LogP contribution >= 0.6 is 0 Å². The zero-order chi connectivity index (χ0) is 19.0. The normalized spacial score (nSPS) is 28.0. The topological polar surface area (TPSA) is 60.9 Å². The number of carboxylic acids is 1. The second-order valence-electron chi connectivity index (χ2n) is 8.61. The summed E-state index contributed by atoms with van der Waals surface area (Å²) in [5.74, 6) is -0.233. The van der Waals surface area contributed by atoms with Crippen LogP contribution in [-0.2, 0) is 16.1 Å². The third-order valence-electron chi connectivity index (χ3n) is 6.61. The summed E-state index contributed by atoms with van der Waals surface area (Å²) >= 11 is 0. The van der Waals surface area contributed by atoms with Gasteiger partial charge in [0.1, 0.15) is 6.04 Å². The van der Waals surface area contributed by atoms with Crippen LogP contribution in [0.5, 0.6) is 0 Å². The standard InChI is InChI=1S/C22H30N2O3/c1-15-6-8-16(9-7-15)13-23(18-10-11-18)21(25)14-24-19-5-3-2-4-17(19)12-20(24)22(26)27/h6-9,17-20H,2-5,10-14H2,1H3,(H,26,27). The molecule has 1 heterocycles. The lowest BCUT2D eigenvalue weighted by Gasteiger charge is -2.34. The first kappa shape index (κ1) is 18.5. The number of nitrogens with zero attached hydrogens (tertiary/aromatic N) is 2. The molecule has 146 valence electrons. The molecule has 0 radical (unpaired) electrons. The van der Waals surface area contributed by atoms with Gasteiger partial charge in [-0.2, -0.15) is 0 Å². The third kappa shape index (κ3) is 4.03. The Labute approximate surface area is 161 Å². The Hall–Kier alpha value is -1.88. The summed E-state index contributed by atoms with van der Waals surface area (Å²) in [5, 5.41) is 9.70. The lowest BCUT2D eigenvalue weighted by Crippen LogP contribution is -2.48. The van der Waals surface area contributed by atoms with Crippen LogP contribution in [0.4, 0.5) is 0 Å². The lowest BCUT2D eigenvalue weighted by atomic mass is 9.85. The van der Waals surface area contributed by atoms with E-state index in [1.54, 1.807) is 0 Å². The number of carbonyl (C=O) groups excluding carboxylic acids is 1. The van der Waals surface area contributed by atoms with Crippen LogP contribution < -0.4 is 0 Å². The molecular weight excluding hydrogens is 340 g/mol. The largest absolute Gasteiger partial charge is 0.480 e. The molecule has 2 aliphatic carbocycles. The molecule has 1 N–H and O–H groups in total. The van der Waals surface area contributed by atoms with Crippen LogP contribution in [0, 0.1) is 12.8 Å². The first-order chi connectivity index (χ1) is 13.0. The van der Waals surface area contributed by atoms with E-state index in [0.29, 0.717) is 24.9 Å². The molecule has 2 saturated carbocycles. The number of carbonyl (C=O) groups is 2. The van der Waals surface area contributed by atoms with E-state index in [0.717, 1.165) is 37.7 Å². The van der Waals surface area contributed by atoms with Crippen molar-refractivity contribution in [2.75, 3.05) is 6.54 Å². The summed E-state index contributed by atoms with van der Waals surface area (Å²) in [6.07, 6.45) is 7.30. The average Bonchev–Trinajstić information content (AvgIpc) is 3.43. The number of fused-ring (bicyclic) bond motifs is 1. The van der Waals surface area contributed by atoms with E-state index in [-0.39, 0.29) is 18.5 Å². The number of aliphatic carboxylic acids is 1. The van der Waals surface area contributed by atoms with Crippen molar-refractivity contribution in [2.24, 2.45) is 5.92 Å². The van der Waals surface area contributed by atoms with Crippen LogP contribution in [0.2, 0.25) is 0 Å². The highest BCUT2D eigenvalue weighted by atomic mass is 16.4. The zero-order valence-electron chi connectivity index (χ0n) is 16.1. The number of hydrogen-bond acceptors (Lipinski definition) is 3. The predicted molar refractivity (Wildman–Crippen MR) is 103 cm³/mol. The zero-order valence-corrected chi connectivity index (χ0v) is 16.1. The van der Waals surface area contributed by atoms with E-state index >= 15 is 0 Å². The van der Waals surface area contributed by atoms with Crippen molar-refractivity contribution in [1.29, 1.82) is 0 Å². The maximum atomic E-state index is 13.2. The van der Waals surface area contributed by atoms with E-state index in [9.17, 15) is 14.7 Å². The summed E-state index contributed by atoms with van der Waals surface area (Å²) in [4.78, 5) is 29.0. The highest BCUT2D eigenvalue weighted by Gasteiger charge is 2.46. The highest BCUT2D eigenvalue weighted by Crippen LogP contribution is 2.40. The van der Waals surface area contributed by atoms with Gasteiger partial charge < -0.3 is 10.0 Å². The molecule has 1 aromatic carbocycles. The van der Waals surface area contributed by atoms with Crippen LogP contribution in [0.25, 0.3) is 0 Å². The Morgan fingerprint density at radius 1 is 1.11 bits per heavy atom. The van der Waals surface area contributed by atoms with Gasteiger partial charge in [0.2, 0.25) is 5.91 Å². The minimum atomic E-state index is -0.770. The number of likely N-dealkylation sites (tertiary alicyclic amines) is 1. The van der Waals surface area contributed by atoms with Gasteiger partial charge in [-0.05, 0) is 50.5 Å². The van der Waals surface area contributed by atoms with Crippen molar-refractivity contribution in [3.63, 3.8) is 0 Å². The Morgan fingerprint density at radius 3 is 2.48 bits per heavy atom. The maximum Gasteiger partial charge on any atom is 0.320 e. The van der Waals surface area contributed by atoms with Gasteiger partial charge >= 0.3 is 5.97 Å². The third-order valence-corrected chi connectivity index (χ3v) is 6.61. The summed E-state index contributed by atoms with van der Waals surface area (Å²) in [5.41, 5.74) is 2.36. The first-order valence-corrected chi connectivity index (χ1v) is 10.4. The Bertz CT molecular complexity index is 698. The minimum Gasteiger partial charge on any atom is -0.480 e. The lowest BCUT2D eigenvalue weighted by molar-refractivity contribution is -0.144. The minimum absolute atomic E-state index is 0.0931. The summed E-state index contributed by atoms with van der Waals surface area (Å²) in [6, 6.07) is 8.44. The Balaban J connectivity index is 1.47. The fourth-order valence-electron chi connectivity index (χ4n) is 4.97. The smallest absolute Gasteiger partial charge is 0.320 e. The molecule has 4 rings (SSSR count). The van der Waals surface area contributed by atoms with Gasteiger partial charge in [0.05, 0.1) is 6.54 Å². The van der Waals surface area contributed by atoms with Crippen molar-refractivity contribution in [3.8, 4) is 0 Å². The molecule has 0 spiro atoms. The molecular formula is C22H30N2O3. The molecule has 5 nitrogen and oxygen atoms in total. The molecule has 0 bridgehead atoms. The van der Waals surface area contributed by atoms with Crippen LogP contribution in [0.3, 0.4) is 0 Å². The number of rotatable bonds is 6. The molecule has 3 fully saturated rings. The predicted octanol–water partition coefficient (Wildman–Crippen LogP) is 3.20. The summed E-state index contributed by atoms with van der Waals surface area (Å²) in [7, 11) is 0. The molecule has 5 heteroatoms. The van der Waals surface area contributed by atoms with E-state index in [1.165, 1.54) is 12.0 Å². The number of aryl methyl sites for hydroxylation is 1. The Morgan fingerprint density at radius 2 is 1.81 bits per heavy atom. The fraction of sp³-hybridized carbons (Fsp3) is 0.636.